The predicted octanol–water partition coefficient (Wildman–Crippen LogP) is 3.02. The van der Waals surface area contributed by atoms with Gasteiger partial charge in [0.2, 0.25) is 11.8 Å². The first-order valence-electron chi connectivity index (χ1n) is 13.7. The minimum atomic E-state index is -1.06. The summed E-state index contributed by atoms with van der Waals surface area (Å²) in [5.41, 5.74) is 6.53. The number of nitrogens with zero attached hydrogens (tertiary/aromatic N) is 1. The Bertz CT molecular complexity index is 1190. The van der Waals surface area contributed by atoms with Crippen LogP contribution in [0.5, 0.6) is 0 Å². The summed E-state index contributed by atoms with van der Waals surface area (Å²) in [4.78, 5) is 64.6. The second kappa shape index (κ2) is 14.5. The molecule has 3 rings (SSSR count). The number of Topliss-reactive ketones (excluding diaryl/α,β-unsaturated/α-hetero) is 2. The minimum absolute atomic E-state index is 0.0149. The number of rotatable bonds is 15. The van der Waals surface area contributed by atoms with Gasteiger partial charge < -0.3 is 21.1 Å². The van der Waals surface area contributed by atoms with Gasteiger partial charge >= 0.3 is 5.97 Å². The maximum Gasteiger partial charge on any atom is 0.303 e. The van der Waals surface area contributed by atoms with Crippen LogP contribution in [0.2, 0.25) is 0 Å². The zero-order valence-electron chi connectivity index (χ0n) is 22.6. The summed E-state index contributed by atoms with van der Waals surface area (Å²) in [7, 11) is 0. The van der Waals surface area contributed by atoms with E-state index in [2.05, 4.69) is 5.32 Å². The van der Waals surface area contributed by atoms with Crippen molar-refractivity contribution in [3.8, 4) is 0 Å². The van der Waals surface area contributed by atoms with Gasteiger partial charge in [0, 0.05) is 25.3 Å². The highest BCUT2D eigenvalue weighted by molar-refractivity contribution is 5.96. The van der Waals surface area contributed by atoms with Crippen molar-refractivity contribution in [2.24, 2.45) is 11.7 Å². The molecule has 4 N–H and O–H groups in total. The molecule has 1 fully saturated rings. The normalized spacial score (nSPS) is 16.6. The molecule has 0 aliphatic carbocycles. The number of benzene rings is 2. The number of amides is 2. The molecule has 39 heavy (non-hydrogen) atoms. The molecular formula is C30H39N3O6. The van der Waals surface area contributed by atoms with Crippen LogP contribution in [0.1, 0.15) is 63.9 Å². The molecule has 0 radical (unpaired) electrons. The predicted molar refractivity (Wildman–Crippen MR) is 148 cm³/mol. The second-order valence-electron chi connectivity index (χ2n) is 10.3. The highest BCUT2D eigenvalue weighted by atomic mass is 16.4. The van der Waals surface area contributed by atoms with Crippen molar-refractivity contribution in [2.75, 3.05) is 13.1 Å². The lowest BCUT2D eigenvalue weighted by molar-refractivity contribution is -0.139. The molecule has 0 aromatic heterocycles. The SMILES string of the molecule is CC(=O)[C@H](CCC(=O)O)NC(=O)[C@H](CCCCN)CC(=O)[C@@H]1CCCN1C(=O)Cc1cccc2ccccc12. The van der Waals surface area contributed by atoms with Crippen LogP contribution in [0.3, 0.4) is 0 Å². The Morgan fingerprint density at radius 1 is 1.05 bits per heavy atom. The van der Waals surface area contributed by atoms with Gasteiger partial charge in [-0.1, -0.05) is 48.9 Å². The summed E-state index contributed by atoms with van der Waals surface area (Å²) in [5.74, 6) is -2.81. The van der Waals surface area contributed by atoms with E-state index in [1.165, 1.54) is 6.92 Å². The van der Waals surface area contributed by atoms with Crippen LogP contribution >= 0.6 is 0 Å². The maximum atomic E-state index is 13.5. The third kappa shape index (κ3) is 8.45. The number of fused-ring (bicyclic) bond motifs is 1. The molecule has 0 spiro atoms. The van der Waals surface area contributed by atoms with Crippen molar-refractivity contribution < 1.29 is 29.1 Å². The van der Waals surface area contributed by atoms with Crippen molar-refractivity contribution >= 4 is 40.1 Å². The van der Waals surface area contributed by atoms with E-state index >= 15 is 0 Å². The fourth-order valence-corrected chi connectivity index (χ4v) is 5.29. The van der Waals surface area contributed by atoms with Crippen LogP contribution in [0.25, 0.3) is 10.8 Å². The number of unbranched alkanes of at least 4 members (excludes halogenated alkanes) is 1. The first-order valence-corrected chi connectivity index (χ1v) is 13.7. The van der Waals surface area contributed by atoms with Gasteiger partial charge in [0.15, 0.2) is 11.6 Å². The van der Waals surface area contributed by atoms with E-state index in [1.807, 2.05) is 42.5 Å². The van der Waals surface area contributed by atoms with Crippen LogP contribution in [0, 0.1) is 5.92 Å². The molecule has 3 atom stereocenters. The van der Waals surface area contributed by atoms with Gasteiger partial charge in [-0.05, 0) is 61.9 Å². The molecule has 2 amide bonds. The lowest BCUT2D eigenvalue weighted by Gasteiger charge is -2.26. The number of nitrogens with one attached hydrogen (secondary N) is 1. The summed E-state index contributed by atoms with van der Waals surface area (Å²) >= 11 is 0. The van der Waals surface area contributed by atoms with Crippen molar-refractivity contribution in [3.05, 3.63) is 48.0 Å². The van der Waals surface area contributed by atoms with E-state index in [0.29, 0.717) is 45.2 Å². The zero-order valence-corrected chi connectivity index (χ0v) is 22.6. The van der Waals surface area contributed by atoms with Crippen LogP contribution in [0.4, 0.5) is 0 Å². The van der Waals surface area contributed by atoms with Gasteiger partial charge in [-0.15, -0.1) is 0 Å². The van der Waals surface area contributed by atoms with Gasteiger partial charge in [0.05, 0.1) is 18.5 Å². The average molecular weight is 538 g/mol. The van der Waals surface area contributed by atoms with Crippen LogP contribution in [-0.2, 0) is 30.4 Å². The highest BCUT2D eigenvalue weighted by Crippen LogP contribution is 2.26. The number of ketones is 2. The molecule has 9 nitrogen and oxygen atoms in total. The Labute approximate surface area is 229 Å². The van der Waals surface area contributed by atoms with Crippen LogP contribution in [0.15, 0.2) is 42.5 Å². The molecule has 0 bridgehead atoms. The summed E-state index contributed by atoms with van der Waals surface area (Å²) < 4.78 is 0. The topological polar surface area (TPSA) is 147 Å². The molecule has 2 aromatic rings. The standard InChI is InChI=1S/C30H39N3O6/c1-20(34)25(14-15-29(37)38)32-30(39)23(9-4-5-16-31)18-27(35)26-13-7-17-33(26)28(36)19-22-11-6-10-21-8-2-3-12-24(21)22/h2-3,6,8,10-12,23,25-26H,4-5,7,9,13-19,31H2,1H3,(H,32,39)(H,37,38)/t23-,25+,26+/m1/s1. The van der Waals surface area contributed by atoms with Crippen molar-refractivity contribution in [2.45, 2.75) is 76.8 Å². The number of nitrogens with two attached hydrogens (primary N) is 1. The average Bonchev–Trinajstić information content (AvgIpc) is 3.41. The fraction of sp³-hybridized carbons (Fsp3) is 0.500. The zero-order chi connectivity index (χ0) is 28.4. The number of hydrogen-bond acceptors (Lipinski definition) is 6. The summed E-state index contributed by atoms with van der Waals surface area (Å²) in [6, 6.07) is 12.2. The number of carboxylic acid groups (broad SMARTS) is 1. The van der Waals surface area contributed by atoms with Crippen LogP contribution in [-0.4, -0.2) is 64.5 Å². The van der Waals surface area contributed by atoms with E-state index in [0.717, 1.165) is 16.3 Å². The van der Waals surface area contributed by atoms with Crippen molar-refractivity contribution in [1.29, 1.82) is 0 Å². The number of carbonyl (C=O) groups excluding carboxylic acids is 4. The second-order valence-corrected chi connectivity index (χ2v) is 10.3. The first kappa shape index (κ1) is 30.0. The Morgan fingerprint density at radius 3 is 2.51 bits per heavy atom. The molecule has 1 saturated heterocycles. The quantitative estimate of drug-likeness (QED) is 0.296. The van der Waals surface area contributed by atoms with Crippen LogP contribution < -0.4 is 11.1 Å². The Balaban J connectivity index is 1.69. The Morgan fingerprint density at radius 2 is 1.79 bits per heavy atom. The Kier molecular flexibility index (Phi) is 11.2. The van der Waals surface area contributed by atoms with E-state index in [4.69, 9.17) is 10.8 Å². The molecular weight excluding hydrogens is 498 g/mol. The lowest BCUT2D eigenvalue weighted by atomic mass is 9.91. The maximum absolute atomic E-state index is 13.5. The molecule has 0 unspecified atom stereocenters. The molecule has 1 aliphatic heterocycles. The van der Waals surface area contributed by atoms with Gasteiger partial charge in [-0.3, -0.25) is 24.0 Å². The number of likely N-dealkylation sites (tertiary alicyclic amines) is 1. The minimum Gasteiger partial charge on any atom is -0.481 e. The van der Waals surface area contributed by atoms with E-state index < -0.39 is 29.9 Å². The summed E-state index contributed by atoms with van der Waals surface area (Å²) in [6.07, 6.45) is 2.86. The number of aliphatic carboxylic acids is 1. The van der Waals surface area contributed by atoms with E-state index in [-0.39, 0.29) is 43.2 Å². The molecule has 210 valence electrons. The number of carbonyl (C=O) groups is 5. The summed E-state index contributed by atoms with van der Waals surface area (Å²) in [6.45, 7) is 2.25. The largest absolute Gasteiger partial charge is 0.481 e. The van der Waals surface area contributed by atoms with Gasteiger partial charge in [0.1, 0.15) is 0 Å². The summed E-state index contributed by atoms with van der Waals surface area (Å²) in [5, 5.41) is 13.7. The molecule has 9 heteroatoms. The third-order valence-electron chi connectivity index (χ3n) is 7.45. The molecule has 1 aliphatic rings. The monoisotopic (exact) mass is 537 g/mol. The van der Waals surface area contributed by atoms with Gasteiger partial charge in [-0.25, -0.2) is 0 Å². The Hall–Kier alpha value is -3.59. The molecule has 1 heterocycles. The number of carboxylic acids is 1. The van der Waals surface area contributed by atoms with Gasteiger partial charge in [0.25, 0.3) is 0 Å². The molecule has 2 aromatic carbocycles. The first-order chi connectivity index (χ1) is 18.7. The number of hydrogen-bond donors (Lipinski definition) is 3. The smallest absolute Gasteiger partial charge is 0.303 e. The highest BCUT2D eigenvalue weighted by Gasteiger charge is 2.36. The fourth-order valence-electron chi connectivity index (χ4n) is 5.29. The van der Waals surface area contributed by atoms with Gasteiger partial charge in [-0.2, -0.15) is 0 Å². The van der Waals surface area contributed by atoms with Crippen molar-refractivity contribution in [3.63, 3.8) is 0 Å². The molecule has 0 saturated carbocycles. The van der Waals surface area contributed by atoms with Crippen molar-refractivity contribution in [1.82, 2.24) is 10.2 Å². The lowest BCUT2D eigenvalue weighted by Crippen LogP contribution is -2.45. The van der Waals surface area contributed by atoms with E-state index in [9.17, 15) is 24.0 Å². The third-order valence-corrected chi connectivity index (χ3v) is 7.45. The van der Waals surface area contributed by atoms with E-state index in [1.54, 1.807) is 4.90 Å².